The van der Waals surface area contributed by atoms with Crippen LogP contribution in [0.5, 0.6) is 5.75 Å². The summed E-state index contributed by atoms with van der Waals surface area (Å²) in [6.45, 7) is 1.93. The van der Waals surface area contributed by atoms with Crippen molar-refractivity contribution in [3.8, 4) is 5.75 Å². The number of aryl methyl sites for hydroxylation is 1. The van der Waals surface area contributed by atoms with Crippen molar-refractivity contribution in [1.82, 2.24) is 15.0 Å². The van der Waals surface area contributed by atoms with Crippen LogP contribution in [0.4, 0.5) is 5.82 Å². The minimum absolute atomic E-state index is 0.0944. The van der Waals surface area contributed by atoms with Crippen LogP contribution in [0.25, 0.3) is 10.9 Å². The average molecular weight is 377 g/mol. The van der Waals surface area contributed by atoms with E-state index in [1.54, 1.807) is 30.7 Å². The molecule has 0 fully saturated rings. The first-order chi connectivity index (χ1) is 13.1. The number of nitrogens with zero attached hydrogens (tertiary/aromatic N) is 3. The molecule has 3 aromatic heterocycles. The number of fused-ring (bicyclic) bond motifs is 1. The molecule has 0 spiro atoms. The number of hydrogen-bond acceptors (Lipinski definition) is 5. The number of anilines is 1. The molecule has 0 bridgehead atoms. The molecule has 5 nitrogen and oxygen atoms in total. The molecule has 3 heterocycles. The van der Waals surface area contributed by atoms with Crippen LogP contribution in [0, 0.1) is 6.92 Å². The van der Waals surface area contributed by atoms with Crippen molar-refractivity contribution in [2.45, 2.75) is 13.0 Å². The van der Waals surface area contributed by atoms with Gasteiger partial charge in [-0.15, -0.1) is 0 Å². The van der Waals surface area contributed by atoms with Crippen LogP contribution >= 0.6 is 11.6 Å². The van der Waals surface area contributed by atoms with Crippen LogP contribution < -0.4 is 5.32 Å². The fourth-order valence-corrected chi connectivity index (χ4v) is 3.36. The molecule has 134 valence electrons. The molecule has 0 aliphatic carbocycles. The van der Waals surface area contributed by atoms with Crippen molar-refractivity contribution in [3.63, 3.8) is 0 Å². The molecule has 0 unspecified atom stereocenters. The van der Waals surface area contributed by atoms with Crippen LogP contribution in [0.1, 0.15) is 22.9 Å². The average Bonchev–Trinajstić information content (AvgIpc) is 2.70. The lowest BCUT2D eigenvalue weighted by atomic mass is 9.97. The SMILES string of the molecule is Cc1cccc(N[C@H](c2ccncc2)c2cc(Cl)c3cccnc3c2O)n1. The smallest absolute Gasteiger partial charge is 0.147 e. The van der Waals surface area contributed by atoms with Gasteiger partial charge in [-0.3, -0.25) is 9.97 Å². The summed E-state index contributed by atoms with van der Waals surface area (Å²) in [5, 5.41) is 15.6. The summed E-state index contributed by atoms with van der Waals surface area (Å²) in [6, 6.07) is 14.6. The summed E-state index contributed by atoms with van der Waals surface area (Å²) in [5.41, 5.74) is 2.92. The third kappa shape index (κ3) is 3.41. The number of pyridine rings is 3. The Morgan fingerprint density at radius 3 is 2.63 bits per heavy atom. The van der Waals surface area contributed by atoms with Gasteiger partial charge in [0.15, 0.2) is 0 Å². The van der Waals surface area contributed by atoms with E-state index >= 15 is 0 Å². The zero-order valence-electron chi connectivity index (χ0n) is 14.6. The van der Waals surface area contributed by atoms with Crippen molar-refractivity contribution in [1.29, 1.82) is 0 Å². The number of hydrogen-bond donors (Lipinski definition) is 2. The number of nitrogens with one attached hydrogen (secondary N) is 1. The maximum absolute atomic E-state index is 10.9. The Labute approximate surface area is 161 Å². The highest BCUT2D eigenvalue weighted by atomic mass is 35.5. The molecule has 0 saturated carbocycles. The first-order valence-corrected chi connectivity index (χ1v) is 8.87. The van der Waals surface area contributed by atoms with Crippen LogP contribution in [-0.2, 0) is 0 Å². The molecule has 0 amide bonds. The third-order valence-electron chi connectivity index (χ3n) is 4.38. The van der Waals surface area contributed by atoms with Gasteiger partial charge in [-0.1, -0.05) is 17.7 Å². The van der Waals surface area contributed by atoms with Gasteiger partial charge in [0.2, 0.25) is 0 Å². The Balaban J connectivity index is 1.89. The van der Waals surface area contributed by atoms with Crippen molar-refractivity contribution < 1.29 is 5.11 Å². The van der Waals surface area contributed by atoms with E-state index in [1.807, 2.05) is 43.3 Å². The predicted octanol–water partition coefficient (Wildman–Crippen LogP) is 4.89. The van der Waals surface area contributed by atoms with Gasteiger partial charge in [0.25, 0.3) is 0 Å². The molecule has 0 saturated heterocycles. The Kier molecular flexibility index (Phi) is 4.60. The van der Waals surface area contributed by atoms with E-state index in [9.17, 15) is 5.11 Å². The highest BCUT2D eigenvalue weighted by molar-refractivity contribution is 6.35. The first-order valence-electron chi connectivity index (χ1n) is 8.49. The minimum atomic E-state index is -0.369. The second kappa shape index (κ2) is 7.21. The molecule has 0 radical (unpaired) electrons. The summed E-state index contributed by atoms with van der Waals surface area (Å²) in [4.78, 5) is 12.9. The molecule has 1 atom stereocenters. The molecule has 4 rings (SSSR count). The van der Waals surface area contributed by atoms with E-state index in [4.69, 9.17) is 11.6 Å². The van der Waals surface area contributed by atoms with E-state index in [2.05, 4.69) is 20.3 Å². The van der Waals surface area contributed by atoms with Gasteiger partial charge in [0.1, 0.15) is 17.1 Å². The fraction of sp³-hybridized carbons (Fsp3) is 0.0952. The largest absolute Gasteiger partial charge is 0.505 e. The number of aromatic hydroxyl groups is 1. The maximum Gasteiger partial charge on any atom is 0.147 e. The highest BCUT2D eigenvalue weighted by Crippen LogP contribution is 2.39. The first kappa shape index (κ1) is 17.2. The van der Waals surface area contributed by atoms with Crippen LogP contribution in [0.2, 0.25) is 5.02 Å². The van der Waals surface area contributed by atoms with E-state index < -0.39 is 0 Å². The molecule has 0 aliphatic rings. The van der Waals surface area contributed by atoms with Gasteiger partial charge in [0.05, 0.1) is 11.1 Å². The quantitative estimate of drug-likeness (QED) is 0.530. The van der Waals surface area contributed by atoms with Gasteiger partial charge >= 0.3 is 0 Å². The van der Waals surface area contributed by atoms with E-state index in [-0.39, 0.29) is 11.8 Å². The number of rotatable bonds is 4. The Hall–Kier alpha value is -3.18. The van der Waals surface area contributed by atoms with E-state index in [1.165, 1.54) is 0 Å². The van der Waals surface area contributed by atoms with E-state index in [0.29, 0.717) is 27.3 Å². The molecule has 2 N–H and O–H groups in total. The summed E-state index contributed by atoms with van der Waals surface area (Å²) >= 11 is 6.49. The van der Waals surface area contributed by atoms with Crippen LogP contribution in [0.3, 0.4) is 0 Å². The van der Waals surface area contributed by atoms with Gasteiger partial charge in [-0.2, -0.15) is 0 Å². The monoisotopic (exact) mass is 376 g/mol. The summed E-state index contributed by atoms with van der Waals surface area (Å²) in [7, 11) is 0. The number of phenols is 1. The molecule has 6 heteroatoms. The Morgan fingerprint density at radius 1 is 1.04 bits per heavy atom. The number of phenolic OH excluding ortho intramolecular Hbond substituents is 1. The zero-order chi connectivity index (χ0) is 18.8. The predicted molar refractivity (Wildman–Crippen MR) is 107 cm³/mol. The summed E-state index contributed by atoms with van der Waals surface area (Å²) < 4.78 is 0. The van der Waals surface area contributed by atoms with Gasteiger partial charge in [-0.25, -0.2) is 4.98 Å². The number of halogens is 1. The van der Waals surface area contributed by atoms with E-state index in [0.717, 1.165) is 11.3 Å². The second-order valence-electron chi connectivity index (χ2n) is 6.22. The molecule has 4 aromatic rings. The topological polar surface area (TPSA) is 70.9 Å². The van der Waals surface area contributed by atoms with Crippen LogP contribution in [0.15, 0.2) is 67.1 Å². The zero-order valence-corrected chi connectivity index (χ0v) is 15.4. The lowest BCUT2D eigenvalue weighted by Gasteiger charge is -2.22. The number of benzene rings is 1. The lowest BCUT2D eigenvalue weighted by Crippen LogP contribution is -2.14. The normalized spacial score (nSPS) is 12.1. The van der Waals surface area contributed by atoms with Crippen LogP contribution in [-0.4, -0.2) is 20.1 Å². The summed E-state index contributed by atoms with van der Waals surface area (Å²) in [5.74, 6) is 0.797. The molecule has 0 aliphatic heterocycles. The van der Waals surface area contributed by atoms with Crippen molar-refractivity contribution in [2.24, 2.45) is 0 Å². The minimum Gasteiger partial charge on any atom is -0.505 e. The van der Waals surface area contributed by atoms with Crippen molar-refractivity contribution in [3.05, 3.63) is 89.0 Å². The lowest BCUT2D eigenvalue weighted by molar-refractivity contribution is 0.471. The molecule has 1 aromatic carbocycles. The molecular weight excluding hydrogens is 360 g/mol. The highest BCUT2D eigenvalue weighted by Gasteiger charge is 2.22. The molecular formula is C21H17ClN4O. The van der Waals surface area contributed by atoms with Gasteiger partial charge in [-0.05, 0) is 55.0 Å². The molecule has 27 heavy (non-hydrogen) atoms. The summed E-state index contributed by atoms with van der Waals surface area (Å²) in [6.07, 6.45) is 5.07. The maximum atomic E-state index is 10.9. The van der Waals surface area contributed by atoms with Crippen molar-refractivity contribution in [2.75, 3.05) is 5.32 Å². The van der Waals surface area contributed by atoms with Gasteiger partial charge in [0, 0.05) is 35.2 Å². The Bertz CT molecular complexity index is 1100. The van der Waals surface area contributed by atoms with Crippen molar-refractivity contribution >= 4 is 28.3 Å². The Morgan fingerprint density at radius 2 is 1.85 bits per heavy atom. The standard InChI is InChI=1S/C21H17ClN4O/c1-13-4-2-6-18(25-13)26-19(14-7-10-23-11-8-14)16-12-17(22)15-5-3-9-24-20(15)21(16)27/h2-12,19,27H,1H3,(H,25,26)/t19-/m1/s1. The fourth-order valence-electron chi connectivity index (χ4n) is 3.09. The van der Waals surface area contributed by atoms with Gasteiger partial charge < -0.3 is 10.4 Å². The number of aromatic nitrogens is 3. The second-order valence-corrected chi connectivity index (χ2v) is 6.63. The third-order valence-corrected chi connectivity index (χ3v) is 4.69.